The highest BCUT2D eigenvalue weighted by molar-refractivity contribution is 5.95. The SMILES string of the molecule is CCCCCCCCCC(=O)N1CCCCCCC1=O. The van der Waals surface area contributed by atoms with Crippen LogP contribution in [0.15, 0.2) is 0 Å². The molecule has 3 nitrogen and oxygen atoms in total. The second kappa shape index (κ2) is 10.9. The van der Waals surface area contributed by atoms with Crippen molar-refractivity contribution in [2.45, 2.75) is 90.4 Å². The van der Waals surface area contributed by atoms with Crippen molar-refractivity contribution in [3.05, 3.63) is 0 Å². The minimum absolute atomic E-state index is 0.0534. The predicted molar refractivity (Wildman–Crippen MR) is 82.4 cm³/mol. The summed E-state index contributed by atoms with van der Waals surface area (Å²) in [6.07, 6.45) is 13.8. The summed E-state index contributed by atoms with van der Waals surface area (Å²) in [7, 11) is 0. The normalized spacial score (nSPS) is 16.9. The Kier molecular flexibility index (Phi) is 9.35. The number of likely N-dealkylation sites (tertiary alicyclic amines) is 1. The van der Waals surface area contributed by atoms with Crippen molar-refractivity contribution in [1.82, 2.24) is 4.90 Å². The third-order valence-electron chi connectivity index (χ3n) is 4.12. The molecule has 116 valence electrons. The van der Waals surface area contributed by atoms with Crippen molar-refractivity contribution < 1.29 is 9.59 Å². The molecule has 0 aliphatic carbocycles. The average molecular weight is 281 g/mol. The first-order chi connectivity index (χ1) is 9.75. The molecule has 1 aliphatic heterocycles. The first-order valence-electron chi connectivity index (χ1n) is 8.59. The fraction of sp³-hybridized carbons (Fsp3) is 0.882. The number of nitrogens with zero attached hydrogens (tertiary/aromatic N) is 1. The van der Waals surface area contributed by atoms with E-state index in [4.69, 9.17) is 0 Å². The van der Waals surface area contributed by atoms with E-state index in [0.29, 0.717) is 19.4 Å². The summed E-state index contributed by atoms with van der Waals surface area (Å²) in [5.74, 6) is 0.114. The highest BCUT2D eigenvalue weighted by atomic mass is 16.2. The van der Waals surface area contributed by atoms with Crippen molar-refractivity contribution in [2.75, 3.05) is 6.54 Å². The van der Waals surface area contributed by atoms with Gasteiger partial charge in [-0.2, -0.15) is 0 Å². The van der Waals surface area contributed by atoms with Crippen LogP contribution in [0.1, 0.15) is 90.4 Å². The molecule has 1 aliphatic rings. The van der Waals surface area contributed by atoms with E-state index in [9.17, 15) is 9.59 Å². The summed E-state index contributed by atoms with van der Waals surface area (Å²) < 4.78 is 0. The molecule has 0 saturated carbocycles. The molecule has 0 aromatic heterocycles. The Labute approximate surface area is 124 Å². The molecule has 1 rings (SSSR count). The van der Waals surface area contributed by atoms with Gasteiger partial charge in [0, 0.05) is 19.4 Å². The molecule has 0 bridgehead atoms. The highest BCUT2D eigenvalue weighted by Crippen LogP contribution is 2.14. The van der Waals surface area contributed by atoms with Crippen molar-refractivity contribution in [3.63, 3.8) is 0 Å². The van der Waals surface area contributed by atoms with Crippen molar-refractivity contribution in [3.8, 4) is 0 Å². The van der Waals surface area contributed by atoms with Gasteiger partial charge in [-0.15, -0.1) is 0 Å². The number of carbonyl (C=O) groups is 2. The molecular weight excluding hydrogens is 250 g/mol. The van der Waals surface area contributed by atoms with Gasteiger partial charge in [-0.25, -0.2) is 0 Å². The lowest BCUT2D eigenvalue weighted by molar-refractivity contribution is -0.145. The number of carbonyl (C=O) groups excluding carboxylic acids is 2. The van der Waals surface area contributed by atoms with Gasteiger partial charge in [-0.1, -0.05) is 58.3 Å². The van der Waals surface area contributed by atoms with Crippen molar-refractivity contribution in [1.29, 1.82) is 0 Å². The smallest absolute Gasteiger partial charge is 0.229 e. The summed E-state index contributed by atoms with van der Waals surface area (Å²) in [4.78, 5) is 25.6. The van der Waals surface area contributed by atoms with E-state index in [2.05, 4.69) is 6.92 Å². The second-order valence-corrected chi connectivity index (χ2v) is 5.97. The molecule has 2 amide bonds. The summed E-state index contributed by atoms with van der Waals surface area (Å²) in [5, 5.41) is 0. The van der Waals surface area contributed by atoms with Gasteiger partial charge in [0.15, 0.2) is 0 Å². The number of hydrogen-bond acceptors (Lipinski definition) is 2. The lowest BCUT2D eigenvalue weighted by Gasteiger charge is -2.23. The molecule has 0 unspecified atom stereocenters. The minimum atomic E-state index is 0.0534. The first-order valence-corrected chi connectivity index (χ1v) is 8.59. The monoisotopic (exact) mass is 281 g/mol. The van der Waals surface area contributed by atoms with Gasteiger partial charge < -0.3 is 0 Å². The van der Waals surface area contributed by atoms with Crippen molar-refractivity contribution in [2.24, 2.45) is 0 Å². The fourth-order valence-electron chi connectivity index (χ4n) is 2.79. The third-order valence-corrected chi connectivity index (χ3v) is 4.12. The quantitative estimate of drug-likeness (QED) is 0.616. The zero-order chi connectivity index (χ0) is 14.6. The Morgan fingerprint density at radius 1 is 0.950 bits per heavy atom. The summed E-state index contributed by atoms with van der Waals surface area (Å²) in [5.41, 5.74) is 0. The van der Waals surface area contributed by atoms with E-state index in [1.807, 2.05) is 0 Å². The number of unbranched alkanes of at least 4 members (excludes halogenated alkanes) is 6. The zero-order valence-electron chi connectivity index (χ0n) is 13.2. The largest absolute Gasteiger partial charge is 0.283 e. The molecule has 1 heterocycles. The standard InChI is InChI=1S/C17H31NO2/c1-2-3-4-5-6-7-10-13-16(19)18-15-12-9-8-11-14-17(18)20/h2-15H2,1H3. The number of amides is 2. The summed E-state index contributed by atoms with van der Waals surface area (Å²) >= 11 is 0. The number of hydrogen-bond donors (Lipinski definition) is 0. The second-order valence-electron chi connectivity index (χ2n) is 5.97. The van der Waals surface area contributed by atoms with Crippen molar-refractivity contribution >= 4 is 11.8 Å². The summed E-state index contributed by atoms with van der Waals surface area (Å²) in [6, 6.07) is 0. The molecule has 0 aromatic carbocycles. The minimum Gasteiger partial charge on any atom is -0.283 e. The van der Waals surface area contributed by atoms with Crippen LogP contribution in [0.5, 0.6) is 0 Å². The van der Waals surface area contributed by atoms with Gasteiger partial charge >= 0.3 is 0 Å². The molecule has 3 heteroatoms. The van der Waals surface area contributed by atoms with Gasteiger partial charge in [0.1, 0.15) is 0 Å². The number of rotatable bonds is 8. The molecular formula is C17H31NO2. The molecule has 0 radical (unpaired) electrons. The van der Waals surface area contributed by atoms with Crippen LogP contribution in [-0.4, -0.2) is 23.3 Å². The van der Waals surface area contributed by atoms with Crippen LogP contribution < -0.4 is 0 Å². The molecule has 0 N–H and O–H groups in total. The molecule has 0 aromatic rings. The third kappa shape index (κ3) is 7.06. The van der Waals surface area contributed by atoms with E-state index < -0.39 is 0 Å². The van der Waals surface area contributed by atoms with E-state index in [0.717, 1.165) is 38.5 Å². The number of imide groups is 1. The van der Waals surface area contributed by atoms with Gasteiger partial charge in [0.05, 0.1) is 0 Å². The Bertz CT molecular complexity index is 289. The Morgan fingerprint density at radius 2 is 1.60 bits per heavy atom. The van der Waals surface area contributed by atoms with Crippen LogP contribution in [-0.2, 0) is 9.59 Å². The maximum Gasteiger partial charge on any atom is 0.229 e. The zero-order valence-corrected chi connectivity index (χ0v) is 13.2. The van der Waals surface area contributed by atoms with E-state index in [-0.39, 0.29) is 11.8 Å². The predicted octanol–water partition coefficient (Wildman–Crippen LogP) is 4.45. The van der Waals surface area contributed by atoms with Crippen LogP contribution in [0.4, 0.5) is 0 Å². The molecule has 1 saturated heterocycles. The Hall–Kier alpha value is -0.860. The average Bonchev–Trinajstić information content (AvgIpc) is 2.42. The van der Waals surface area contributed by atoms with Gasteiger partial charge in [0.25, 0.3) is 0 Å². The first kappa shape index (κ1) is 17.2. The topological polar surface area (TPSA) is 37.4 Å². The molecule has 0 atom stereocenters. The molecule has 1 fully saturated rings. The van der Waals surface area contributed by atoms with E-state index in [1.54, 1.807) is 0 Å². The Balaban J connectivity index is 2.15. The van der Waals surface area contributed by atoms with Gasteiger partial charge in [0.2, 0.25) is 11.8 Å². The lowest BCUT2D eigenvalue weighted by atomic mass is 10.1. The summed E-state index contributed by atoms with van der Waals surface area (Å²) in [6.45, 7) is 2.87. The molecule has 0 spiro atoms. The lowest BCUT2D eigenvalue weighted by Crippen LogP contribution is -2.38. The van der Waals surface area contributed by atoms with Gasteiger partial charge in [-0.05, 0) is 19.3 Å². The maximum absolute atomic E-state index is 12.1. The van der Waals surface area contributed by atoms with Crippen LogP contribution >= 0.6 is 0 Å². The van der Waals surface area contributed by atoms with Crippen LogP contribution in [0.2, 0.25) is 0 Å². The van der Waals surface area contributed by atoms with Crippen LogP contribution in [0.25, 0.3) is 0 Å². The van der Waals surface area contributed by atoms with Crippen LogP contribution in [0.3, 0.4) is 0 Å². The van der Waals surface area contributed by atoms with E-state index >= 15 is 0 Å². The Morgan fingerprint density at radius 3 is 2.35 bits per heavy atom. The van der Waals surface area contributed by atoms with E-state index in [1.165, 1.54) is 37.0 Å². The fourth-order valence-corrected chi connectivity index (χ4v) is 2.79. The van der Waals surface area contributed by atoms with Crippen LogP contribution in [0, 0.1) is 0 Å². The molecule has 20 heavy (non-hydrogen) atoms. The van der Waals surface area contributed by atoms with Gasteiger partial charge in [-0.3, -0.25) is 14.5 Å². The maximum atomic E-state index is 12.1. The highest BCUT2D eigenvalue weighted by Gasteiger charge is 2.21.